The summed E-state index contributed by atoms with van der Waals surface area (Å²) in [5, 5.41) is 8.42. The summed E-state index contributed by atoms with van der Waals surface area (Å²) in [7, 11) is 0. The zero-order valence-corrected chi connectivity index (χ0v) is 15.7. The van der Waals surface area contributed by atoms with Crippen molar-refractivity contribution in [3.63, 3.8) is 0 Å². The molecule has 1 unspecified atom stereocenters. The molecule has 0 heterocycles. The second kappa shape index (κ2) is 8.65. The molecule has 0 aromatic heterocycles. The molecule has 0 saturated carbocycles. The molecule has 0 bridgehead atoms. The van der Waals surface area contributed by atoms with E-state index in [2.05, 4.69) is 37.9 Å². The largest absolute Gasteiger partial charge is 0.494 e. The van der Waals surface area contributed by atoms with Crippen LogP contribution in [0.25, 0.3) is 0 Å². The van der Waals surface area contributed by atoms with E-state index in [4.69, 9.17) is 10.5 Å². The van der Waals surface area contributed by atoms with Gasteiger partial charge in [-0.1, -0.05) is 27.7 Å². The minimum absolute atomic E-state index is 0.372. The van der Waals surface area contributed by atoms with E-state index in [1.54, 1.807) is 0 Å². The number of azo groups is 1. The number of hydrogen-bond acceptors (Lipinski definition) is 4. The first-order valence-electron chi connectivity index (χ1n) is 8.82. The third-order valence-electron chi connectivity index (χ3n) is 3.85. The molecule has 0 spiro atoms. The Morgan fingerprint density at radius 1 is 0.920 bits per heavy atom. The molecule has 0 aliphatic carbocycles. The summed E-state index contributed by atoms with van der Waals surface area (Å²) in [5.74, 6) is 1.53. The highest BCUT2D eigenvalue weighted by atomic mass is 16.5. The maximum absolute atomic E-state index is 5.84. The van der Waals surface area contributed by atoms with Crippen LogP contribution >= 0.6 is 0 Å². The lowest BCUT2D eigenvalue weighted by Crippen LogP contribution is -2.13. The Morgan fingerprint density at radius 2 is 1.44 bits per heavy atom. The molecule has 2 rings (SSSR count). The second-order valence-electron chi connectivity index (χ2n) is 7.79. The Morgan fingerprint density at radius 3 is 1.96 bits per heavy atom. The number of hydrogen-bond donors (Lipinski definition) is 1. The summed E-state index contributed by atoms with van der Waals surface area (Å²) in [6.45, 7) is 9.87. The minimum Gasteiger partial charge on any atom is -0.494 e. The molecule has 0 aliphatic heterocycles. The molecule has 0 fully saturated rings. The fourth-order valence-electron chi connectivity index (χ4n) is 2.79. The van der Waals surface area contributed by atoms with Crippen LogP contribution in [0.3, 0.4) is 0 Å². The normalized spacial score (nSPS) is 13.1. The maximum atomic E-state index is 5.84. The van der Waals surface area contributed by atoms with E-state index < -0.39 is 0 Å². The maximum Gasteiger partial charge on any atom is 0.119 e. The van der Waals surface area contributed by atoms with Crippen LogP contribution in [0.5, 0.6) is 5.75 Å². The molecular formula is C21H29N3O. The number of nitrogen functional groups attached to an aromatic ring is 1. The van der Waals surface area contributed by atoms with Crippen LogP contribution < -0.4 is 10.5 Å². The second-order valence-corrected chi connectivity index (χ2v) is 7.79. The molecule has 4 nitrogen and oxygen atoms in total. The molecule has 134 valence electrons. The smallest absolute Gasteiger partial charge is 0.119 e. The van der Waals surface area contributed by atoms with Gasteiger partial charge in [0, 0.05) is 5.69 Å². The van der Waals surface area contributed by atoms with Gasteiger partial charge < -0.3 is 10.5 Å². The topological polar surface area (TPSA) is 60.0 Å². The SMILES string of the molecule is CC(CCOc1ccc(/N=N/c2ccc(N)cc2)cc1)CC(C)(C)C. The van der Waals surface area contributed by atoms with Crippen LogP contribution in [0, 0.1) is 11.3 Å². The van der Waals surface area contributed by atoms with Crippen molar-refractivity contribution in [2.24, 2.45) is 21.6 Å². The predicted molar refractivity (Wildman–Crippen MR) is 105 cm³/mol. The van der Waals surface area contributed by atoms with Gasteiger partial charge in [0.1, 0.15) is 5.75 Å². The van der Waals surface area contributed by atoms with Gasteiger partial charge in [-0.2, -0.15) is 10.2 Å². The fourth-order valence-corrected chi connectivity index (χ4v) is 2.79. The molecule has 2 N–H and O–H groups in total. The number of nitrogens with two attached hydrogens (primary N) is 1. The van der Waals surface area contributed by atoms with Gasteiger partial charge in [0.25, 0.3) is 0 Å². The first-order chi connectivity index (χ1) is 11.8. The van der Waals surface area contributed by atoms with Crippen molar-refractivity contribution in [1.29, 1.82) is 0 Å². The van der Waals surface area contributed by atoms with Gasteiger partial charge in [-0.15, -0.1) is 0 Å². The third-order valence-corrected chi connectivity index (χ3v) is 3.85. The van der Waals surface area contributed by atoms with Crippen LogP contribution in [0.1, 0.15) is 40.5 Å². The number of anilines is 1. The molecular weight excluding hydrogens is 310 g/mol. The average Bonchev–Trinajstić information content (AvgIpc) is 2.54. The van der Waals surface area contributed by atoms with E-state index in [0.717, 1.165) is 35.8 Å². The van der Waals surface area contributed by atoms with Gasteiger partial charge in [0.05, 0.1) is 18.0 Å². The van der Waals surface area contributed by atoms with Crippen molar-refractivity contribution >= 4 is 17.1 Å². The first kappa shape index (κ1) is 19.0. The molecule has 0 radical (unpaired) electrons. The van der Waals surface area contributed by atoms with E-state index >= 15 is 0 Å². The number of benzene rings is 2. The quantitative estimate of drug-likeness (QED) is 0.460. The van der Waals surface area contributed by atoms with Gasteiger partial charge in [-0.05, 0) is 72.7 Å². The lowest BCUT2D eigenvalue weighted by molar-refractivity contribution is 0.240. The standard InChI is InChI=1S/C21H29N3O/c1-16(15-21(2,3)4)13-14-25-20-11-9-19(10-12-20)24-23-18-7-5-17(22)6-8-18/h5-12,16H,13-15,22H2,1-4H3/b24-23+. The highest BCUT2D eigenvalue weighted by Crippen LogP contribution is 2.26. The summed E-state index contributed by atoms with van der Waals surface area (Å²) < 4.78 is 5.84. The van der Waals surface area contributed by atoms with Crippen LogP contribution in [0.15, 0.2) is 58.8 Å². The molecule has 4 heteroatoms. The summed E-state index contributed by atoms with van der Waals surface area (Å²) in [5.41, 5.74) is 8.32. The van der Waals surface area contributed by atoms with Crippen LogP contribution in [-0.2, 0) is 0 Å². The highest BCUT2D eigenvalue weighted by molar-refractivity contribution is 5.48. The zero-order valence-electron chi connectivity index (χ0n) is 15.7. The molecule has 0 amide bonds. The Bertz CT molecular complexity index is 670. The summed E-state index contributed by atoms with van der Waals surface area (Å²) in [6, 6.07) is 15.0. The minimum atomic E-state index is 0.372. The molecule has 0 saturated heterocycles. The van der Waals surface area contributed by atoms with Crippen molar-refractivity contribution in [3.05, 3.63) is 48.5 Å². The third kappa shape index (κ3) is 7.38. The van der Waals surface area contributed by atoms with Crippen molar-refractivity contribution in [2.75, 3.05) is 12.3 Å². The van der Waals surface area contributed by atoms with Crippen LogP contribution in [0.2, 0.25) is 0 Å². The average molecular weight is 339 g/mol. The van der Waals surface area contributed by atoms with E-state index in [-0.39, 0.29) is 0 Å². The van der Waals surface area contributed by atoms with Crippen LogP contribution in [-0.4, -0.2) is 6.61 Å². The Kier molecular flexibility index (Phi) is 6.57. The fraction of sp³-hybridized carbons (Fsp3) is 0.429. The summed E-state index contributed by atoms with van der Waals surface area (Å²) >= 11 is 0. The van der Waals surface area contributed by atoms with Crippen molar-refractivity contribution in [3.8, 4) is 5.75 Å². The Hall–Kier alpha value is -2.36. The van der Waals surface area contributed by atoms with Crippen molar-refractivity contribution in [1.82, 2.24) is 0 Å². The summed E-state index contributed by atoms with van der Waals surface area (Å²) in [6.07, 6.45) is 2.27. The lowest BCUT2D eigenvalue weighted by Gasteiger charge is -2.23. The van der Waals surface area contributed by atoms with E-state index in [1.807, 2.05) is 48.5 Å². The molecule has 2 aromatic rings. The molecule has 2 aromatic carbocycles. The van der Waals surface area contributed by atoms with Gasteiger partial charge in [0.2, 0.25) is 0 Å². The number of nitrogens with zero attached hydrogens (tertiary/aromatic N) is 2. The predicted octanol–water partition coefficient (Wildman–Crippen LogP) is 6.53. The molecule has 25 heavy (non-hydrogen) atoms. The molecule has 1 atom stereocenters. The van der Waals surface area contributed by atoms with E-state index in [1.165, 1.54) is 6.42 Å². The lowest BCUT2D eigenvalue weighted by atomic mass is 9.84. The zero-order chi connectivity index (χ0) is 18.3. The monoisotopic (exact) mass is 339 g/mol. The highest BCUT2D eigenvalue weighted by Gasteiger charge is 2.15. The Balaban J connectivity index is 1.80. The van der Waals surface area contributed by atoms with Crippen molar-refractivity contribution < 1.29 is 4.74 Å². The van der Waals surface area contributed by atoms with Gasteiger partial charge in [-0.3, -0.25) is 0 Å². The van der Waals surface area contributed by atoms with Crippen molar-refractivity contribution in [2.45, 2.75) is 40.5 Å². The number of rotatable bonds is 7. The van der Waals surface area contributed by atoms with Crippen LogP contribution in [0.4, 0.5) is 17.1 Å². The van der Waals surface area contributed by atoms with E-state index in [0.29, 0.717) is 11.3 Å². The van der Waals surface area contributed by atoms with E-state index in [9.17, 15) is 0 Å². The summed E-state index contributed by atoms with van der Waals surface area (Å²) in [4.78, 5) is 0. The molecule has 0 aliphatic rings. The van der Waals surface area contributed by atoms with Gasteiger partial charge >= 0.3 is 0 Å². The Labute approximate surface area is 151 Å². The van der Waals surface area contributed by atoms with Gasteiger partial charge in [0.15, 0.2) is 0 Å². The first-order valence-corrected chi connectivity index (χ1v) is 8.82. The number of ether oxygens (including phenoxy) is 1. The van der Waals surface area contributed by atoms with Gasteiger partial charge in [-0.25, -0.2) is 0 Å².